The lowest BCUT2D eigenvalue weighted by Gasteiger charge is -2.08. The van der Waals surface area contributed by atoms with Crippen LogP contribution in [0.4, 0.5) is 10.2 Å². The number of rotatable bonds is 7. The number of benzene rings is 1. The van der Waals surface area contributed by atoms with Crippen molar-refractivity contribution in [1.29, 1.82) is 0 Å². The number of unbranched alkanes of at least 4 members (excludes halogenated alkanes) is 1. The molecule has 0 aliphatic heterocycles. The summed E-state index contributed by atoms with van der Waals surface area (Å²) >= 11 is 0. The third kappa shape index (κ3) is 4.23. The number of aryl methyl sites for hydroxylation is 3. The highest BCUT2D eigenvalue weighted by atomic mass is 19.1. The van der Waals surface area contributed by atoms with Crippen LogP contribution in [-0.2, 0) is 17.8 Å². The molecule has 132 valence electrons. The van der Waals surface area contributed by atoms with Gasteiger partial charge in [-0.05, 0) is 31.5 Å². The van der Waals surface area contributed by atoms with Crippen molar-refractivity contribution in [2.24, 2.45) is 0 Å². The van der Waals surface area contributed by atoms with E-state index in [9.17, 15) is 9.18 Å². The van der Waals surface area contributed by atoms with Crippen LogP contribution in [0.15, 0.2) is 24.3 Å². The Labute approximate surface area is 145 Å². The van der Waals surface area contributed by atoms with Crippen molar-refractivity contribution in [2.75, 3.05) is 5.32 Å². The number of hydrogen-bond acceptors (Lipinski definition) is 3. The number of hydrogen-bond donors (Lipinski definition) is 2. The Morgan fingerprint density at radius 1 is 1.36 bits per heavy atom. The minimum Gasteiger partial charge on any atom is -0.342 e. The summed E-state index contributed by atoms with van der Waals surface area (Å²) in [4.78, 5) is 19.7. The molecule has 6 nitrogen and oxygen atoms in total. The van der Waals surface area contributed by atoms with E-state index in [1.165, 1.54) is 12.1 Å². The van der Waals surface area contributed by atoms with Crippen LogP contribution in [0.25, 0.3) is 11.0 Å². The molecule has 0 bridgehead atoms. The van der Waals surface area contributed by atoms with Crippen LogP contribution in [-0.4, -0.2) is 25.7 Å². The van der Waals surface area contributed by atoms with E-state index >= 15 is 0 Å². The van der Waals surface area contributed by atoms with Gasteiger partial charge in [0.1, 0.15) is 17.5 Å². The Morgan fingerprint density at radius 3 is 3.00 bits per heavy atom. The van der Waals surface area contributed by atoms with E-state index in [0.717, 1.165) is 30.9 Å². The maximum absolute atomic E-state index is 13.2. The first-order valence-electron chi connectivity index (χ1n) is 8.53. The quantitative estimate of drug-likeness (QED) is 0.688. The van der Waals surface area contributed by atoms with Crippen LogP contribution >= 0.6 is 0 Å². The standard InChI is InChI=1S/C18H22FN5O/c1-3-4-9-24-17(10-12(2)23-24)22-18(25)8-7-16-20-14-6-5-13(19)11-15(14)21-16/h5-6,10-11H,3-4,7-9H2,1-2H3,(H,20,21)(H,22,25). The van der Waals surface area contributed by atoms with Crippen molar-refractivity contribution in [3.63, 3.8) is 0 Å². The molecule has 0 saturated heterocycles. The molecular formula is C18H22FN5O. The number of halogens is 1. The number of anilines is 1. The highest BCUT2D eigenvalue weighted by Crippen LogP contribution is 2.15. The average Bonchev–Trinajstić information content (AvgIpc) is 3.13. The second-order valence-electron chi connectivity index (χ2n) is 6.14. The summed E-state index contributed by atoms with van der Waals surface area (Å²) in [5.41, 5.74) is 2.22. The molecular weight excluding hydrogens is 321 g/mol. The summed E-state index contributed by atoms with van der Waals surface area (Å²) in [5.74, 6) is 0.995. The molecule has 3 aromatic rings. The number of H-pyrrole nitrogens is 1. The predicted octanol–water partition coefficient (Wildman–Crippen LogP) is 3.58. The van der Waals surface area contributed by atoms with Crippen molar-refractivity contribution in [1.82, 2.24) is 19.7 Å². The van der Waals surface area contributed by atoms with Crippen LogP contribution in [0.2, 0.25) is 0 Å². The first-order chi connectivity index (χ1) is 12.0. The van der Waals surface area contributed by atoms with Gasteiger partial charge < -0.3 is 10.3 Å². The molecule has 1 amide bonds. The van der Waals surface area contributed by atoms with Crippen molar-refractivity contribution >= 4 is 22.8 Å². The SMILES string of the molecule is CCCCn1nc(C)cc1NC(=O)CCc1nc2ccc(F)cc2[nH]1. The Bertz CT molecular complexity index is 883. The van der Waals surface area contributed by atoms with Gasteiger partial charge in [0.15, 0.2) is 0 Å². The molecule has 0 aliphatic carbocycles. The summed E-state index contributed by atoms with van der Waals surface area (Å²) in [5, 5.41) is 7.32. The number of nitrogens with one attached hydrogen (secondary N) is 2. The van der Waals surface area contributed by atoms with E-state index in [-0.39, 0.29) is 11.7 Å². The van der Waals surface area contributed by atoms with Gasteiger partial charge in [0.2, 0.25) is 5.91 Å². The van der Waals surface area contributed by atoms with Gasteiger partial charge in [-0.1, -0.05) is 13.3 Å². The van der Waals surface area contributed by atoms with Crippen molar-refractivity contribution in [3.8, 4) is 0 Å². The Morgan fingerprint density at radius 2 is 2.20 bits per heavy atom. The topological polar surface area (TPSA) is 75.6 Å². The lowest BCUT2D eigenvalue weighted by molar-refractivity contribution is -0.116. The second kappa shape index (κ2) is 7.46. The summed E-state index contributed by atoms with van der Waals surface area (Å²) in [6.07, 6.45) is 2.84. The van der Waals surface area contributed by atoms with Crippen molar-refractivity contribution in [3.05, 3.63) is 41.6 Å². The molecule has 2 N–H and O–H groups in total. The Hall–Kier alpha value is -2.70. The average molecular weight is 343 g/mol. The van der Waals surface area contributed by atoms with Gasteiger partial charge in [-0.3, -0.25) is 4.79 Å². The lowest BCUT2D eigenvalue weighted by Crippen LogP contribution is -2.16. The largest absolute Gasteiger partial charge is 0.342 e. The normalized spacial score (nSPS) is 11.2. The number of fused-ring (bicyclic) bond motifs is 1. The monoisotopic (exact) mass is 343 g/mol. The summed E-state index contributed by atoms with van der Waals surface area (Å²) in [6.45, 7) is 4.81. The smallest absolute Gasteiger partial charge is 0.225 e. The molecule has 0 atom stereocenters. The van der Waals surface area contributed by atoms with Gasteiger partial charge in [0.05, 0.1) is 16.7 Å². The van der Waals surface area contributed by atoms with Gasteiger partial charge in [0, 0.05) is 25.5 Å². The van der Waals surface area contributed by atoms with Crippen LogP contribution in [0, 0.1) is 12.7 Å². The Kier molecular flexibility index (Phi) is 5.11. The van der Waals surface area contributed by atoms with Gasteiger partial charge in [-0.2, -0.15) is 5.10 Å². The minimum absolute atomic E-state index is 0.0933. The number of carbonyl (C=O) groups is 1. The Balaban J connectivity index is 1.60. The number of amides is 1. The lowest BCUT2D eigenvalue weighted by atomic mass is 10.3. The molecule has 7 heteroatoms. The molecule has 3 rings (SSSR count). The molecule has 2 heterocycles. The van der Waals surface area contributed by atoms with Crippen molar-refractivity contribution in [2.45, 2.75) is 46.1 Å². The van der Waals surface area contributed by atoms with Crippen molar-refractivity contribution < 1.29 is 9.18 Å². The molecule has 0 fully saturated rings. The fourth-order valence-corrected chi connectivity index (χ4v) is 2.71. The molecule has 0 unspecified atom stereocenters. The summed E-state index contributed by atoms with van der Waals surface area (Å²) < 4.78 is 15.0. The minimum atomic E-state index is -0.309. The number of aromatic amines is 1. The molecule has 25 heavy (non-hydrogen) atoms. The highest BCUT2D eigenvalue weighted by molar-refractivity contribution is 5.90. The zero-order valence-corrected chi connectivity index (χ0v) is 14.5. The summed E-state index contributed by atoms with van der Waals surface area (Å²) in [7, 11) is 0. The van der Waals surface area contributed by atoms with Crippen LogP contribution < -0.4 is 5.32 Å². The third-order valence-corrected chi connectivity index (χ3v) is 3.97. The molecule has 0 saturated carbocycles. The van der Waals surface area contributed by atoms with Gasteiger partial charge >= 0.3 is 0 Å². The van der Waals surface area contributed by atoms with E-state index in [1.54, 1.807) is 6.07 Å². The molecule has 0 radical (unpaired) electrons. The zero-order chi connectivity index (χ0) is 17.8. The van der Waals surface area contributed by atoms with E-state index in [2.05, 4.69) is 27.3 Å². The second-order valence-corrected chi connectivity index (χ2v) is 6.14. The first kappa shape index (κ1) is 17.1. The van der Waals surface area contributed by atoms with Crippen LogP contribution in [0.3, 0.4) is 0 Å². The van der Waals surface area contributed by atoms with Gasteiger partial charge in [-0.25, -0.2) is 14.1 Å². The third-order valence-electron chi connectivity index (χ3n) is 3.97. The molecule has 0 spiro atoms. The number of aromatic nitrogens is 4. The van der Waals surface area contributed by atoms with Crippen LogP contribution in [0.5, 0.6) is 0 Å². The van der Waals surface area contributed by atoms with Gasteiger partial charge in [0.25, 0.3) is 0 Å². The number of nitrogens with zero attached hydrogens (tertiary/aromatic N) is 3. The maximum Gasteiger partial charge on any atom is 0.225 e. The fraction of sp³-hybridized carbons (Fsp3) is 0.389. The fourth-order valence-electron chi connectivity index (χ4n) is 2.71. The highest BCUT2D eigenvalue weighted by Gasteiger charge is 2.11. The maximum atomic E-state index is 13.2. The van der Waals surface area contributed by atoms with Crippen LogP contribution in [0.1, 0.15) is 37.7 Å². The zero-order valence-electron chi connectivity index (χ0n) is 14.5. The first-order valence-corrected chi connectivity index (χ1v) is 8.53. The summed E-state index contributed by atoms with van der Waals surface area (Å²) in [6, 6.07) is 6.28. The molecule has 0 aliphatic rings. The van der Waals surface area contributed by atoms with Gasteiger partial charge in [-0.15, -0.1) is 0 Å². The number of imidazole rings is 1. The van der Waals surface area contributed by atoms with E-state index in [0.29, 0.717) is 29.7 Å². The predicted molar refractivity (Wildman–Crippen MR) is 94.9 cm³/mol. The van der Waals surface area contributed by atoms with E-state index in [4.69, 9.17) is 0 Å². The molecule has 1 aromatic carbocycles. The molecule has 2 aromatic heterocycles. The van der Waals surface area contributed by atoms with E-state index in [1.807, 2.05) is 17.7 Å². The number of carbonyl (C=O) groups excluding carboxylic acids is 1. The van der Waals surface area contributed by atoms with E-state index < -0.39 is 0 Å².